The third kappa shape index (κ3) is 2.91. The van der Waals surface area contributed by atoms with E-state index in [-0.39, 0.29) is 18.4 Å². The maximum Gasteiger partial charge on any atom is 0.307 e. The first-order chi connectivity index (χ1) is 6.24. The average Bonchev–Trinajstić information content (AvgIpc) is 2.55. The van der Waals surface area contributed by atoms with Crippen LogP contribution in [0.25, 0.3) is 0 Å². The maximum absolute atomic E-state index is 11.0. The zero-order valence-corrected chi connectivity index (χ0v) is 7.53. The Morgan fingerprint density at radius 3 is 3.08 bits per heavy atom. The first-order valence-corrected chi connectivity index (χ1v) is 4.17. The van der Waals surface area contributed by atoms with Gasteiger partial charge in [-0.25, -0.2) is 0 Å². The minimum atomic E-state index is -0.335. The monoisotopic (exact) mass is 183 g/mol. The SMILES string of the molecule is CCOC(=O)C[C@@H](N)c1ccoc1. The van der Waals surface area contributed by atoms with Gasteiger partial charge in [0.15, 0.2) is 0 Å². The van der Waals surface area contributed by atoms with E-state index in [0.717, 1.165) is 5.56 Å². The van der Waals surface area contributed by atoms with Crippen LogP contribution in [0.15, 0.2) is 23.0 Å². The summed E-state index contributed by atoms with van der Waals surface area (Å²) >= 11 is 0. The number of nitrogens with two attached hydrogens (primary N) is 1. The van der Waals surface area contributed by atoms with Crippen molar-refractivity contribution in [3.63, 3.8) is 0 Å². The first kappa shape index (κ1) is 9.80. The minimum absolute atomic E-state index is 0.188. The molecule has 0 aliphatic heterocycles. The van der Waals surface area contributed by atoms with Gasteiger partial charge in [-0.15, -0.1) is 0 Å². The highest BCUT2D eigenvalue weighted by atomic mass is 16.5. The van der Waals surface area contributed by atoms with Gasteiger partial charge >= 0.3 is 5.97 Å². The van der Waals surface area contributed by atoms with Gasteiger partial charge in [0.2, 0.25) is 0 Å². The molecule has 13 heavy (non-hydrogen) atoms. The average molecular weight is 183 g/mol. The van der Waals surface area contributed by atoms with Crippen molar-refractivity contribution in [3.8, 4) is 0 Å². The molecule has 72 valence electrons. The van der Waals surface area contributed by atoms with Crippen LogP contribution in [0.2, 0.25) is 0 Å². The molecule has 0 aliphatic carbocycles. The van der Waals surface area contributed by atoms with E-state index in [2.05, 4.69) is 0 Å². The zero-order chi connectivity index (χ0) is 9.68. The second-order valence-electron chi connectivity index (χ2n) is 2.67. The van der Waals surface area contributed by atoms with Gasteiger partial charge in [0, 0.05) is 11.6 Å². The number of carbonyl (C=O) groups excluding carboxylic acids is 1. The minimum Gasteiger partial charge on any atom is -0.472 e. The van der Waals surface area contributed by atoms with Gasteiger partial charge in [-0.05, 0) is 13.0 Å². The summed E-state index contributed by atoms with van der Waals surface area (Å²) in [5, 5.41) is 0. The van der Waals surface area contributed by atoms with E-state index in [1.807, 2.05) is 0 Å². The van der Waals surface area contributed by atoms with Crippen LogP contribution in [-0.2, 0) is 9.53 Å². The third-order valence-corrected chi connectivity index (χ3v) is 1.66. The predicted molar refractivity (Wildman–Crippen MR) is 46.9 cm³/mol. The molecular weight excluding hydrogens is 170 g/mol. The van der Waals surface area contributed by atoms with Gasteiger partial charge in [-0.1, -0.05) is 0 Å². The summed E-state index contributed by atoms with van der Waals surface area (Å²) in [5.41, 5.74) is 6.52. The number of carbonyl (C=O) groups is 1. The first-order valence-electron chi connectivity index (χ1n) is 4.17. The Labute approximate surface area is 76.7 Å². The van der Waals surface area contributed by atoms with Gasteiger partial charge in [0.25, 0.3) is 0 Å². The molecule has 1 aromatic rings. The Morgan fingerprint density at radius 1 is 1.77 bits per heavy atom. The van der Waals surface area contributed by atoms with Crippen molar-refractivity contribution in [2.45, 2.75) is 19.4 Å². The molecule has 0 bridgehead atoms. The largest absolute Gasteiger partial charge is 0.472 e. The summed E-state index contributed by atoms with van der Waals surface area (Å²) in [6.07, 6.45) is 3.25. The molecule has 0 amide bonds. The van der Waals surface area contributed by atoms with Crippen LogP contribution in [0.4, 0.5) is 0 Å². The second kappa shape index (κ2) is 4.67. The van der Waals surface area contributed by atoms with Crippen molar-refractivity contribution < 1.29 is 13.9 Å². The number of hydrogen-bond acceptors (Lipinski definition) is 4. The molecular formula is C9H13NO3. The maximum atomic E-state index is 11.0. The van der Waals surface area contributed by atoms with E-state index >= 15 is 0 Å². The highest BCUT2D eigenvalue weighted by molar-refractivity contribution is 5.70. The van der Waals surface area contributed by atoms with Crippen molar-refractivity contribution in [2.24, 2.45) is 5.73 Å². The molecule has 1 atom stereocenters. The normalized spacial score (nSPS) is 12.5. The summed E-state index contributed by atoms with van der Waals surface area (Å²) in [6.45, 7) is 2.15. The Bertz CT molecular complexity index is 256. The van der Waals surface area contributed by atoms with E-state index in [1.54, 1.807) is 13.0 Å². The van der Waals surface area contributed by atoms with Crippen LogP contribution >= 0.6 is 0 Å². The molecule has 0 aliphatic rings. The van der Waals surface area contributed by atoms with Crippen LogP contribution < -0.4 is 5.73 Å². The van der Waals surface area contributed by atoms with Crippen LogP contribution in [0.5, 0.6) is 0 Å². The Hall–Kier alpha value is -1.29. The standard InChI is InChI=1S/C9H13NO3/c1-2-13-9(11)5-8(10)7-3-4-12-6-7/h3-4,6,8H,2,5,10H2,1H3/t8-/m1/s1. The lowest BCUT2D eigenvalue weighted by molar-refractivity contribution is -0.143. The highest BCUT2D eigenvalue weighted by Gasteiger charge is 2.12. The van der Waals surface area contributed by atoms with E-state index in [1.165, 1.54) is 12.5 Å². The number of ether oxygens (including phenoxy) is 1. The topological polar surface area (TPSA) is 65.5 Å². The zero-order valence-electron chi connectivity index (χ0n) is 7.53. The lowest BCUT2D eigenvalue weighted by Gasteiger charge is -2.07. The van der Waals surface area contributed by atoms with Crippen LogP contribution in [0, 0.1) is 0 Å². The molecule has 1 aromatic heterocycles. The fourth-order valence-corrected chi connectivity index (χ4v) is 1.00. The fourth-order valence-electron chi connectivity index (χ4n) is 1.00. The number of esters is 1. The van der Waals surface area contributed by atoms with Gasteiger partial charge in [0.05, 0.1) is 25.6 Å². The Balaban J connectivity index is 2.42. The van der Waals surface area contributed by atoms with Crippen molar-refractivity contribution >= 4 is 5.97 Å². The highest BCUT2D eigenvalue weighted by Crippen LogP contribution is 2.14. The Morgan fingerprint density at radius 2 is 2.54 bits per heavy atom. The molecule has 4 heteroatoms. The van der Waals surface area contributed by atoms with E-state index in [9.17, 15) is 4.79 Å². The predicted octanol–water partition coefficient (Wildman–Crippen LogP) is 1.23. The fraction of sp³-hybridized carbons (Fsp3) is 0.444. The molecule has 0 fully saturated rings. The van der Waals surface area contributed by atoms with Gasteiger partial charge < -0.3 is 14.9 Å². The molecule has 2 N–H and O–H groups in total. The van der Waals surface area contributed by atoms with Crippen molar-refractivity contribution in [3.05, 3.63) is 24.2 Å². The Kier molecular flexibility index (Phi) is 3.52. The number of furan rings is 1. The third-order valence-electron chi connectivity index (χ3n) is 1.66. The van der Waals surface area contributed by atoms with Crippen molar-refractivity contribution in [1.29, 1.82) is 0 Å². The van der Waals surface area contributed by atoms with E-state index in [0.29, 0.717) is 6.61 Å². The summed E-state index contributed by atoms with van der Waals surface area (Å²) in [5.74, 6) is -0.281. The molecule has 0 radical (unpaired) electrons. The number of hydrogen-bond donors (Lipinski definition) is 1. The van der Waals surface area contributed by atoms with Crippen LogP contribution in [-0.4, -0.2) is 12.6 Å². The molecule has 4 nitrogen and oxygen atoms in total. The van der Waals surface area contributed by atoms with E-state index < -0.39 is 0 Å². The molecule has 0 unspecified atom stereocenters. The van der Waals surface area contributed by atoms with Gasteiger partial charge in [-0.2, -0.15) is 0 Å². The summed E-state index contributed by atoms with van der Waals surface area (Å²) < 4.78 is 9.61. The molecule has 1 rings (SSSR count). The summed E-state index contributed by atoms with van der Waals surface area (Å²) in [6, 6.07) is 1.40. The van der Waals surface area contributed by atoms with Crippen molar-refractivity contribution in [1.82, 2.24) is 0 Å². The molecule has 0 spiro atoms. The van der Waals surface area contributed by atoms with E-state index in [4.69, 9.17) is 14.9 Å². The van der Waals surface area contributed by atoms with Crippen LogP contribution in [0.1, 0.15) is 24.9 Å². The quantitative estimate of drug-likeness (QED) is 0.713. The second-order valence-corrected chi connectivity index (χ2v) is 2.67. The molecule has 0 saturated heterocycles. The van der Waals surface area contributed by atoms with Crippen LogP contribution in [0.3, 0.4) is 0 Å². The lowest BCUT2D eigenvalue weighted by atomic mass is 10.1. The van der Waals surface area contributed by atoms with Crippen molar-refractivity contribution in [2.75, 3.05) is 6.61 Å². The lowest BCUT2D eigenvalue weighted by Crippen LogP contribution is -2.16. The molecule has 0 saturated carbocycles. The number of rotatable bonds is 4. The molecule has 1 heterocycles. The smallest absolute Gasteiger partial charge is 0.307 e. The van der Waals surface area contributed by atoms with Gasteiger partial charge in [0.1, 0.15) is 0 Å². The summed E-state index contributed by atoms with van der Waals surface area (Å²) in [4.78, 5) is 11.0. The molecule has 0 aromatic carbocycles. The summed E-state index contributed by atoms with van der Waals surface area (Å²) in [7, 11) is 0. The van der Waals surface area contributed by atoms with Gasteiger partial charge in [-0.3, -0.25) is 4.79 Å².